The maximum Gasteiger partial charge on any atom is 0.227 e. The smallest absolute Gasteiger partial charge is 0.227 e. The van der Waals surface area contributed by atoms with E-state index in [2.05, 4.69) is 49.3 Å². The first-order valence-corrected chi connectivity index (χ1v) is 11.3. The first-order chi connectivity index (χ1) is 15.1. The summed E-state index contributed by atoms with van der Waals surface area (Å²) in [5.41, 5.74) is 2.04. The molecule has 2 unspecified atom stereocenters. The summed E-state index contributed by atoms with van der Waals surface area (Å²) < 4.78 is 5.29. The third kappa shape index (κ3) is 4.98. The van der Waals surface area contributed by atoms with E-state index in [0.717, 1.165) is 29.0 Å². The minimum Gasteiger partial charge on any atom is -0.367 e. The minimum absolute atomic E-state index is 0.448. The Labute approximate surface area is 181 Å². The predicted molar refractivity (Wildman–Crippen MR) is 119 cm³/mol. The Balaban J connectivity index is 1.32. The number of aromatic amines is 1. The van der Waals surface area contributed by atoms with Gasteiger partial charge in [0.05, 0.1) is 12.2 Å². The molecule has 5 rings (SSSR count). The quantitative estimate of drug-likeness (QED) is 0.391. The van der Waals surface area contributed by atoms with Gasteiger partial charge in [-0.2, -0.15) is 15.1 Å². The summed E-state index contributed by atoms with van der Waals surface area (Å²) in [5, 5.41) is 21.6. The topological polar surface area (TPSA) is 117 Å². The summed E-state index contributed by atoms with van der Waals surface area (Å²) in [6.07, 6.45) is 7.35. The minimum atomic E-state index is 0.448. The summed E-state index contributed by atoms with van der Waals surface area (Å²) in [4.78, 5) is 9.33. The van der Waals surface area contributed by atoms with Crippen molar-refractivity contribution in [2.24, 2.45) is 5.92 Å². The average Bonchev–Trinajstić information content (AvgIpc) is 3.12. The van der Waals surface area contributed by atoms with Crippen molar-refractivity contribution in [2.45, 2.75) is 70.9 Å². The van der Waals surface area contributed by atoms with E-state index in [9.17, 15) is 0 Å². The van der Waals surface area contributed by atoms with Gasteiger partial charge in [-0.1, -0.05) is 18.5 Å². The van der Waals surface area contributed by atoms with Crippen LogP contribution in [0.3, 0.4) is 0 Å². The van der Waals surface area contributed by atoms with Gasteiger partial charge in [0.2, 0.25) is 5.95 Å². The average molecular weight is 423 g/mol. The first kappa shape index (κ1) is 19.8. The number of H-pyrrole nitrogens is 1. The standard InChI is InChI=1S/C22H30N8O/c1-3-14-4-7-16(9-14)24-19-11-20(25-21-10-18(28-29-21)15-5-6-15)27-22(26-19)23-12-17-8-13(2)30-31-17/h8,10-11,14-16H,3-7,9,12H2,1-2H3,(H4,23,24,25,26,27,28,29). The highest BCUT2D eigenvalue weighted by Crippen LogP contribution is 2.39. The summed E-state index contributed by atoms with van der Waals surface area (Å²) in [7, 11) is 0. The van der Waals surface area contributed by atoms with Crippen LogP contribution in [0.4, 0.5) is 23.4 Å². The third-order valence-corrected chi connectivity index (χ3v) is 6.17. The van der Waals surface area contributed by atoms with Crippen molar-refractivity contribution in [3.05, 3.63) is 35.3 Å². The maximum absolute atomic E-state index is 5.29. The molecule has 2 aliphatic rings. The first-order valence-electron chi connectivity index (χ1n) is 11.3. The molecule has 0 spiro atoms. The van der Waals surface area contributed by atoms with Gasteiger partial charge < -0.3 is 20.5 Å². The van der Waals surface area contributed by atoms with Crippen molar-refractivity contribution in [1.82, 2.24) is 25.3 Å². The maximum atomic E-state index is 5.29. The van der Waals surface area contributed by atoms with Gasteiger partial charge in [0.1, 0.15) is 11.6 Å². The number of nitrogens with zero attached hydrogens (tertiary/aromatic N) is 4. The highest BCUT2D eigenvalue weighted by molar-refractivity contribution is 5.59. The van der Waals surface area contributed by atoms with Crippen molar-refractivity contribution in [1.29, 1.82) is 0 Å². The van der Waals surface area contributed by atoms with E-state index in [0.29, 0.717) is 30.3 Å². The molecule has 2 aliphatic carbocycles. The van der Waals surface area contributed by atoms with Crippen molar-refractivity contribution in [3.8, 4) is 0 Å². The van der Waals surface area contributed by atoms with Crippen molar-refractivity contribution >= 4 is 23.4 Å². The predicted octanol–water partition coefficient (Wildman–Crippen LogP) is 4.72. The van der Waals surface area contributed by atoms with E-state index in [1.54, 1.807) is 0 Å². The lowest BCUT2D eigenvalue weighted by molar-refractivity contribution is 0.384. The van der Waals surface area contributed by atoms with Crippen molar-refractivity contribution < 1.29 is 4.52 Å². The SMILES string of the molecule is CCC1CCC(Nc2cc(Nc3cc(C4CC4)[nH]n3)nc(NCc3cc(C)no3)n2)C1. The fraction of sp³-hybridized carbons (Fsp3) is 0.545. The second kappa shape index (κ2) is 8.56. The number of rotatable bonds is 9. The van der Waals surface area contributed by atoms with Crippen LogP contribution < -0.4 is 16.0 Å². The molecule has 3 aromatic rings. The van der Waals surface area contributed by atoms with Crippen LogP contribution in [0.2, 0.25) is 0 Å². The number of hydrogen-bond acceptors (Lipinski definition) is 8. The van der Waals surface area contributed by atoms with Crippen LogP contribution in [0.5, 0.6) is 0 Å². The number of hydrogen-bond donors (Lipinski definition) is 4. The lowest BCUT2D eigenvalue weighted by Crippen LogP contribution is -2.17. The Hall–Kier alpha value is -3.10. The molecule has 2 fully saturated rings. The zero-order valence-electron chi connectivity index (χ0n) is 18.1. The van der Waals surface area contributed by atoms with Gasteiger partial charge >= 0.3 is 0 Å². The zero-order valence-corrected chi connectivity index (χ0v) is 18.1. The Bertz CT molecular complexity index is 1020. The Morgan fingerprint density at radius 1 is 1.06 bits per heavy atom. The van der Waals surface area contributed by atoms with Gasteiger partial charge in [0.25, 0.3) is 0 Å². The number of aromatic nitrogens is 5. The highest BCUT2D eigenvalue weighted by atomic mass is 16.5. The van der Waals surface area contributed by atoms with Gasteiger partial charge in [0.15, 0.2) is 11.6 Å². The van der Waals surface area contributed by atoms with Gasteiger partial charge in [0, 0.05) is 35.9 Å². The molecule has 164 valence electrons. The summed E-state index contributed by atoms with van der Waals surface area (Å²) in [5.74, 6) is 4.99. The van der Waals surface area contributed by atoms with Crippen molar-refractivity contribution in [2.75, 3.05) is 16.0 Å². The highest BCUT2D eigenvalue weighted by Gasteiger charge is 2.26. The van der Waals surface area contributed by atoms with Gasteiger partial charge in [-0.25, -0.2) is 0 Å². The van der Waals surface area contributed by atoms with Crippen LogP contribution in [0.1, 0.15) is 68.5 Å². The lowest BCUT2D eigenvalue weighted by atomic mass is 10.1. The van der Waals surface area contributed by atoms with Gasteiger partial charge in [-0.05, 0) is 44.9 Å². The molecule has 0 aromatic carbocycles. The normalized spacial score (nSPS) is 20.7. The Morgan fingerprint density at radius 2 is 1.94 bits per heavy atom. The van der Waals surface area contributed by atoms with E-state index in [1.165, 1.54) is 44.2 Å². The second-order valence-electron chi connectivity index (χ2n) is 8.79. The van der Waals surface area contributed by atoms with Gasteiger partial charge in [-0.3, -0.25) is 5.10 Å². The molecule has 0 bridgehead atoms. The summed E-state index contributed by atoms with van der Waals surface area (Å²) in [6, 6.07) is 6.37. The van der Waals surface area contributed by atoms with Gasteiger partial charge in [-0.15, -0.1) is 0 Å². The van der Waals surface area contributed by atoms with Crippen LogP contribution in [0, 0.1) is 12.8 Å². The molecule has 3 heterocycles. The molecule has 9 heteroatoms. The molecule has 0 aliphatic heterocycles. The molecule has 3 aromatic heterocycles. The Kier molecular flexibility index (Phi) is 5.48. The van der Waals surface area contributed by atoms with E-state index in [-0.39, 0.29) is 0 Å². The number of nitrogens with one attached hydrogen (secondary N) is 4. The van der Waals surface area contributed by atoms with E-state index in [4.69, 9.17) is 9.51 Å². The van der Waals surface area contributed by atoms with E-state index in [1.807, 2.05) is 19.1 Å². The second-order valence-corrected chi connectivity index (χ2v) is 8.79. The largest absolute Gasteiger partial charge is 0.367 e. The molecule has 0 saturated heterocycles. The molecular weight excluding hydrogens is 392 g/mol. The van der Waals surface area contributed by atoms with E-state index < -0.39 is 0 Å². The Morgan fingerprint density at radius 3 is 2.68 bits per heavy atom. The lowest BCUT2D eigenvalue weighted by Gasteiger charge is -2.16. The summed E-state index contributed by atoms with van der Waals surface area (Å²) >= 11 is 0. The van der Waals surface area contributed by atoms with Crippen molar-refractivity contribution in [3.63, 3.8) is 0 Å². The van der Waals surface area contributed by atoms with Crippen LogP contribution in [-0.4, -0.2) is 31.4 Å². The molecular formula is C22H30N8O. The van der Waals surface area contributed by atoms with Crippen LogP contribution >= 0.6 is 0 Å². The number of anilines is 4. The fourth-order valence-electron chi connectivity index (χ4n) is 4.25. The molecule has 2 saturated carbocycles. The molecule has 0 amide bonds. The molecule has 9 nitrogen and oxygen atoms in total. The fourth-order valence-corrected chi connectivity index (χ4v) is 4.25. The molecule has 2 atom stereocenters. The molecule has 0 radical (unpaired) electrons. The van der Waals surface area contributed by atoms with E-state index >= 15 is 0 Å². The number of aryl methyl sites for hydroxylation is 1. The molecule has 4 N–H and O–H groups in total. The third-order valence-electron chi connectivity index (χ3n) is 6.17. The van der Waals surface area contributed by atoms with Crippen LogP contribution in [0.25, 0.3) is 0 Å². The van der Waals surface area contributed by atoms with Crippen LogP contribution in [-0.2, 0) is 6.54 Å². The summed E-state index contributed by atoms with van der Waals surface area (Å²) in [6.45, 7) is 4.65. The monoisotopic (exact) mass is 422 g/mol. The molecule has 31 heavy (non-hydrogen) atoms. The van der Waals surface area contributed by atoms with Crippen LogP contribution in [0.15, 0.2) is 22.7 Å². The zero-order chi connectivity index (χ0) is 21.2.